The van der Waals surface area contributed by atoms with Crippen molar-refractivity contribution in [1.82, 2.24) is 0 Å². The van der Waals surface area contributed by atoms with E-state index in [9.17, 15) is 0 Å². The molecule has 0 bridgehead atoms. The molecule has 0 spiro atoms. The Morgan fingerprint density at radius 2 is 1.14 bits per heavy atom. The predicted molar refractivity (Wildman–Crippen MR) is 64.4 cm³/mol. The van der Waals surface area contributed by atoms with Gasteiger partial charge in [-0.3, -0.25) is 0 Å². The Hall–Kier alpha value is 0. The van der Waals surface area contributed by atoms with Gasteiger partial charge in [0.2, 0.25) is 0 Å². The van der Waals surface area contributed by atoms with Crippen molar-refractivity contribution in [2.75, 3.05) is 0 Å². The Balaban J connectivity index is 2.09. The van der Waals surface area contributed by atoms with Gasteiger partial charge in [0, 0.05) is 0 Å². The zero-order chi connectivity index (χ0) is 10.6. The second-order valence-corrected chi connectivity index (χ2v) is 6.04. The zero-order valence-electron chi connectivity index (χ0n) is 10.6. The molecule has 1 aliphatic carbocycles. The van der Waals surface area contributed by atoms with E-state index in [1.165, 1.54) is 38.5 Å². The molecular formula is C14H28. The molecule has 0 radical (unpaired) electrons. The van der Waals surface area contributed by atoms with Crippen LogP contribution in [0, 0.1) is 23.7 Å². The summed E-state index contributed by atoms with van der Waals surface area (Å²) in [6.45, 7) is 9.40. The molecule has 14 heavy (non-hydrogen) atoms. The first-order valence-electron chi connectivity index (χ1n) is 6.59. The van der Waals surface area contributed by atoms with E-state index in [4.69, 9.17) is 0 Å². The Kier molecular flexibility index (Phi) is 4.98. The number of rotatable bonds is 6. The van der Waals surface area contributed by atoms with Gasteiger partial charge in [0.1, 0.15) is 0 Å². The topological polar surface area (TPSA) is 0 Å². The molecule has 0 aliphatic heterocycles. The van der Waals surface area contributed by atoms with Crippen molar-refractivity contribution in [2.24, 2.45) is 23.7 Å². The van der Waals surface area contributed by atoms with Crippen molar-refractivity contribution in [3.8, 4) is 0 Å². The van der Waals surface area contributed by atoms with Crippen LogP contribution in [0.1, 0.15) is 66.2 Å². The van der Waals surface area contributed by atoms with Crippen molar-refractivity contribution < 1.29 is 0 Å². The fraction of sp³-hybridized carbons (Fsp3) is 1.00. The minimum atomic E-state index is 0.904. The molecule has 0 aromatic heterocycles. The molecule has 1 rings (SSSR count). The van der Waals surface area contributed by atoms with Crippen LogP contribution in [-0.4, -0.2) is 0 Å². The third kappa shape index (κ3) is 4.02. The van der Waals surface area contributed by atoms with E-state index in [2.05, 4.69) is 27.7 Å². The third-order valence-electron chi connectivity index (χ3n) is 3.80. The summed E-state index contributed by atoms with van der Waals surface area (Å²) in [5, 5.41) is 0. The van der Waals surface area contributed by atoms with Gasteiger partial charge in [-0.15, -0.1) is 0 Å². The molecule has 0 aromatic rings. The zero-order valence-corrected chi connectivity index (χ0v) is 10.6. The summed E-state index contributed by atoms with van der Waals surface area (Å²) in [7, 11) is 0. The van der Waals surface area contributed by atoms with Crippen LogP contribution in [0.2, 0.25) is 0 Å². The van der Waals surface area contributed by atoms with Gasteiger partial charge >= 0.3 is 0 Å². The predicted octanol–water partition coefficient (Wildman–Crippen LogP) is 4.89. The van der Waals surface area contributed by atoms with Crippen LogP contribution in [0.3, 0.4) is 0 Å². The maximum absolute atomic E-state index is 2.35. The van der Waals surface area contributed by atoms with E-state index in [0.29, 0.717) is 0 Å². The minimum absolute atomic E-state index is 0.904. The number of hydrogen-bond acceptors (Lipinski definition) is 0. The molecule has 0 heterocycles. The molecule has 0 amide bonds. The van der Waals surface area contributed by atoms with Crippen LogP contribution in [0.15, 0.2) is 0 Å². The summed E-state index contributed by atoms with van der Waals surface area (Å²) in [5.41, 5.74) is 0. The van der Waals surface area contributed by atoms with Crippen LogP contribution in [0.5, 0.6) is 0 Å². The summed E-state index contributed by atoms with van der Waals surface area (Å²) in [5.74, 6) is 4.00. The largest absolute Gasteiger partial charge is 0.0628 e. The molecule has 2 atom stereocenters. The van der Waals surface area contributed by atoms with Crippen molar-refractivity contribution in [1.29, 1.82) is 0 Å². The summed E-state index contributed by atoms with van der Waals surface area (Å²) < 4.78 is 0. The smallest absolute Gasteiger partial charge is 0.0386 e. The quantitative estimate of drug-likeness (QED) is 0.567. The highest BCUT2D eigenvalue weighted by atomic mass is 14.3. The van der Waals surface area contributed by atoms with Crippen LogP contribution >= 0.6 is 0 Å². The lowest BCUT2D eigenvalue weighted by molar-refractivity contribution is 0.138. The first-order valence-corrected chi connectivity index (χ1v) is 6.59. The highest BCUT2D eigenvalue weighted by molar-refractivity contribution is 4.81. The van der Waals surface area contributed by atoms with Gasteiger partial charge in [0.25, 0.3) is 0 Å². The Bertz CT molecular complexity index is 128. The molecule has 0 heteroatoms. The molecular weight excluding hydrogens is 168 g/mol. The van der Waals surface area contributed by atoms with Gasteiger partial charge in [-0.2, -0.15) is 0 Å². The third-order valence-corrected chi connectivity index (χ3v) is 3.80. The normalized spacial score (nSPS) is 27.0. The van der Waals surface area contributed by atoms with E-state index in [-0.39, 0.29) is 0 Å². The lowest BCUT2D eigenvalue weighted by Crippen LogP contribution is -2.26. The molecule has 0 saturated heterocycles. The van der Waals surface area contributed by atoms with Gasteiger partial charge in [-0.25, -0.2) is 0 Å². The SMILES string of the molecule is CC(C)CC[C@@H]1CC[C@H]1CCC(C)C. The molecule has 1 saturated carbocycles. The molecule has 0 unspecified atom stereocenters. The molecule has 1 aliphatic rings. The van der Waals surface area contributed by atoms with Gasteiger partial charge in [-0.05, 0) is 49.4 Å². The summed E-state index contributed by atoms with van der Waals surface area (Å²) in [6.07, 6.45) is 8.94. The first-order chi connectivity index (χ1) is 6.59. The van der Waals surface area contributed by atoms with E-state index < -0.39 is 0 Å². The van der Waals surface area contributed by atoms with Gasteiger partial charge < -0.3 is 0 Å². The van der Waals surface area contributed by atoms with Crippen LogP contribution < -0.4 is 0 Å². The second kappa shape index (κ2) is 5.78. The van der Waals surface area contributed by atoms with E-state index in [0.717, 1.165) is 23.7 Å². The van der Waals surface area contributed by atoms with E-state index in [1.54, 1.807) is 0 Å². The van der Waals surface area contributed by atoms with Gasteiger partial charge in [0.15, 0.2) is 0 Å². The minimum Gasteiger partial charge on any atom is -0.0628 e. The highest BCUT2D eigenvalue weighted by Gasteiger charge is 2.29. The lowest BCUT2D eigenvalue weighted by Gasteiger charge is -2.37. The van der Waals surface area contributed by atoms with Crippen LogP contribution in [-0.2, 0) is 0 Å². The Labute approximate surface area is 90.5 Å². The molecule has 0 N–H and O–H groups in total. The van der Waals surface area contributed by atoms with E-state index >= 15 is 0 Å². The average Bonchev–Trinajstić information content (AvgIpc) is 2.01. The Morgan fingerprint density at radius 3 is 1.36 bits per heavy atom. The van der Waals surface area contributed by atoms with E-state index in [1.807, 2.05) is 0 Å². The monoisotopic (exact) mass is 196 g/mol. The van der Waals surface area contributed by atoms with Gasteiger partial charge in [0.05, 0.1) is 0 Å². The number of hydrogen-bond donors (Lipinski definition) is 0. The van der Waals surface area contributed by atoms with Gasteiger partial charge in [-0.1, -0.05) is 40.5 Å². The first kappa shape index (κ1) is 12.1. The lowest BCUT2D eigenvalue weighted by atomic mass is 9.68. The van der Waals surface area contributed by atoms with Crippen LogP contribution in [0.25, 0.3) is 0 Å². The average molecular weight is 196 g/mol. The fourth-order valence-electron chi connectivity index (χ4n) is 2.49. The van der Waals surface area contributed by atoms with Crippen molar-refractivity contribution in [2.45, 2.75) is 66.2 Å². The van der Waals surface area contributed by atoms with Crippen LogP contribution in [0.4, 0.5) is 0 Å². The maximum Gasteiger partial charge on any atom is -0.0386 e. The standard InChI is InChI=1S/C14H28/c1-11(2)5-7-13-9-10-14(13)8-6-12(3)4/h11-14H,5-10H2,1-4H3/t13-,14-/m1/s1. The molecule has 0 aromatic carbocycles. The maximum atomic E-state index is 2.35. The molecule has 84 valence electrons. The fourth-order valence-corrected chi connectivity index (χ4v) is 2.49. The van der Waals surface area contributed by atoms with Crippen molar-refractivity contribution in [3.63, 3.8) is 0 Å². The molecule has 0 nitrogen and oxygen atoms in total. The van der Waals surface area contributed by atoms with Crippen molar-refractivity contribution >= 4 is 0 Å². The molecule has 1 fully saturated rings. The summed E-state index contributed by atoms with van der Waals surface area (Å²) in [6, 6.07) is 0. The Morgan fingerprint density at radius 1 is 0.786 bits per heavy atom. The van der Waals surface area contributed by atoms with Crippen molar-refractivity contribution in [3.05, 3.63) is 0 Å². The summed E-state index contributed by atoms with van der Waals surface area (Å²) >= 11 is 0. The summed E-state index contributed by atoms with van der Waals surface area (Å²) in [4.78, 5) is 0. The highest BCUT2D eigenvalue weighted by Crippen LogP contribution is 2.41. The second-order valence-electron chi connectivity index (χ2n) is 6.04.